The lowest BCUT2D eigenvalue weighted by Gasteiger charge is -2.17. The van der Waals surface area contributed by atoms with Gasteiger partial charge in [0.15, 0.2) is 0 Å². The molecule has 19 heavy (non-hydrogen) atoms. The molecule has 100 valence electrons. The van der Waals surface area contributed by atoms with Crippen LogP contribution in [-0.4, -0.2) is 12.0 Å². The molecule has 2 aromatic rings. The third-order valence-electron chi connectivity index (χ3n) is 3.41. The Labute approximate surface area is 115 Å². The van der Waals surface area contributed by atoms with Gasteiger partial charge in [0.1, 0.15) is 0 Å². The minimum atomic E-state index is 0.212. The number of aromatic nitrogens is 1. The van der Waals surface area contributed by atoms with E-state index in [1.165, 1.54) is 23.1 Å². The summed E-state index contributed by atoms with van der Waals surface area (Å²) in [7, 11) is 1.99. The van der Waals surface area contributed by atoms with Gasteiger partial charge in [-0.1, -0.05) is 43.7 Å². The van der Waals surface area contributed by atoms with Crippen molar-refractivity contribution in [3.8, 4) is 0 Å². The van der Waals surface area contributed by atoms with Crippen LogP contribution >= 0.6 is 0 Å². The maximum absolute atomic E-state index is 4.38. The predicted octanol–water partition coefficient (Wildman–Crippen LogP) is 3.65. The van der Waals surface area contributed by atoms with Crippen LogP contribution in [0.25, 0.3) is 0 Å². The molecule has 0 fully saturated rings. The summed E-state index contributed by atoms with van der Waals surface area (Å²) >= 11 is 0. The van der Waals surface area contributed by atoms with Crippen LogP contribution in [0.15, 0.2) is 42.6 Å². The van der Waals surface area contributed by atoms with Gasteiger partial charge in [-0.15, -0.1) is 0 Å². The molecule has 1 heterocycles. The van der Waals surface area contributed by atoms with Crippen LogP contribution < -0.4 is 5.32 Å². The Balaban J connectivity index is 2.23. The summed E-state index contributed by atoms with van der Waals surface area (Å²) < 4.78 is 0. The van der Waals surface area contributed by atoms with E-state index >= 15 is 0 Å². The maximum atomic E-state index is 4.38. The Bertz CT molecular complexity index is 500. The van der Waals surface area contributed by atoms with Crippen LogP contribution in [0.2, 0.25) is 0 Å². The Kier molecular flexibility index (Phi) is 4.69. The zero-order valence-electron chi connectivity index (χ0n) is 12.0. The van der Waals surface area contributed by atoms with E-state index in [4.69, 9.17) is 0 Å². The normalized spacial score (nSPS) is 12.4. The highest BCUT2D eigenvalue weighted by atomic mass is 14.9. The molecule has 1 atom stereocenters. The highest BCUT2D eigenvalue weighted by Gasteiger charge is 2.11. The Morgan fingerprint density at radius 3 is 2.26 bits per heavy atom. The van der Waals surface area contributed by atoms with Gasteiger partial charge in [0.05, 0.1) is 6.04 Å². The number of hydrogen-bond donors (Lipinski definition) is 1. The Morgan fingerprint density at radius 1 is 1.05 bits per heavy atom. The number of rotatable bonds is 5. The van der Waals surface area contributed by atoms with Gasteiger partial charge in [-0.05, 0) is 43.1 Å². The lowest BCUT2D eigenvalue weighted by Crippen LogP contribution is -2.17. The monoisotopic (exact) mass is 254 g/mol. The molecule has 0 saturated heterocycles. The molecule has 0 aliphatic rings. The SMILES string of the molecule is CCCc1ccc(C(NC)c2ccc(C)nc2)cc1. The predicted molar refractivity (Wildman–Crippen MR) is 80.3 cm³/mol. The summed E-state index contributed by atoms with van der Waals surface area (Å²) in [6, 6.07) is 13.3. The number of nitrogens with one attached hydrogen (secondary N) is 1. The van der Waals surface area contributed by atoms with Crippen LogP contribution in [0.4, 0.5) is 0 Å². The number of benzene rings is 1. The minimum Gasteiger partial charge on any atom is -0.309 e. The number of pyridine rings is 1. The summed E-state index contributed by atoms with van der Waals surface area (Å²) in [5.74, 6) is 0. The van der Waals surface area contributed by atoms with E-state index in [1.54, 1.807) is 0 Å². The lowest BCUT2D eigenvalue weighted by atomic mass is 9.98. The van der Waals surface area contributed by atoms with Gasteiger partial charge in [0.2, 0.25) is 0 Å². The van der Waals surface area contributed by atoms with Crippen LogP contribution in [0.5, 0.6) is 0 Å². The molecule has 0 bridgehead atoms. The molecule has 1 aromatic carbocycles. The molecular formula is C17H22N2. The molecule has 2 rings (SSSR count). The molecule has 0 aliphatic heterocycles. The fraction of sp³-hybridized carbons (Fsp3) is 0.353. The smallest absolute Gasteiger partial charge is 0.0589 e. The molecule has 1 N–H and O–H groups in total. The molecule has 1 aromatic heterocycles. The third-order valence-corrected chi connectivity index (χ3v) is 3.41. The van der Waals surface area contributed by atoms with E-state index < -0.39 is 0 Å². The Hall–Kier alpha value is -1.67. The van der Waals surface area contributed by atoms with Crippen molar-refractivity contribution in [1.29, 1.82) is 0 Å². The van der Waals surface area contributed by atoms with Crippen molar-refractivity contribution >= 4 is 0 Å². The van der Waals surface area contributed by atoms with Crippen molar-refractivity contribution in [2.75, 3.05) is 7.05 Å². The van der Waals surface area contributed by atoms with Gasteiger partial charge < -0.3 is 5.32 Å². The van der Waals surface area contributed by atoms with E-state index in [0.29, 0.717) is 0 Å². The summed E-state index contributed by atoms with van der Waals surface area (Å²) in [5, 5.41) is 3.37. The fourth-order valence-corrected chi connectivity index (χ4v) is 2.34. The zero-order chi connectivity index (χ0) is 13.7. The van der Waals surface area contributed by atoms with Crippen molar-refractivity contribution < 1.29 is 0 Å². The molecular weight excluding hydrogens is 232 g/mol. The van der Waals surface area contributed by atoms with Gasteiger partial charge in [0, 0.05) is 11.9 Å². The second-order valence-electron chi connectivity index (χ2n) is 4.95. The highest BCUT2D eigenvalue weighted by molar-refractivity contribution is 5.32. The van der Waals surface area contributed by atoms with E-state index in [9.17, 15) is 0 Å². The molecule has 2 heteroatoms. The lowest BCUT2D eigenvalue weighted by molar-refractivity contribution is 0.687. The second-order valence-corrected chi connectivity index (χ2v) is 4.95. The summed E-state index contributed by atoms with van der Waals surface area (Å²) in [6.45, 7) is 4.22. The van der Waals surface area contributed by atoms with Gasteiger partial charge in [-0.3, -0.25) is 4.98 Å². The average Bonchev–Trinajstić information content (AvgIpc) is 2.44. The topological polar surface area (TPSA) is 24.9 Å². The largest absolute Gasteiger partial charge is 0.309 e. The van der Waals surface area contributed by atoms with Gasteiger partial charge in [0.25, 0.3) is 0 Å². The molecule has 0 amide bonds. The van der Waals surface area contributed by atoms with Gasteiger partial charge in [-0.25, -0.2) is 0 Å². The fourth-order valence-electron chi connectivity index (χ4n) is 2.34. The van der Waals surface area contributed by atoms with E-state index in [2.05, 4.69) is 53.6 Å². The molecule has 0 radical (unpaired) electrons. The molecule has 0 spiro atoms. The standard InChI is InChI=1S/C17H22N2/c1-4-5-14-7-10-15(11-8-14)17(18-3)16-9-6-13(2)19-12-16/h6-12,17-18H,4-5H2,1-3H3. The second kappa shape index (κ2) is 6.48. The number of hydrogen-bond acceptors (Lipinski definition) is 2. The van der Waals surface area contributed by atoms with Crippen LogP contribution in [0.1, 0.15) is 41.8 Å². The van der Waals surface area contributed by atoms with Gasteiger partial charge in [-0.2, -0.15) is 0 Å². The van der Waals surface area contributed by atoms with Crippen molar-refractivity contribution in [1.82, 2.24) is 10.3 Å². The number of aryl methyl sites for hydroxylation is 2. The van der Waals surface area contributed by atoms with Crippen LogP contribution in [0.3, 0.4) is 0 Å². The summed E-state index contributed by atoms with van der Waals surface area (Å²) in [5.41, 5.74) is 4.95. The molecule has 2 nitrogen and oxygen atoms in total. The Morgan fingerprint density at radius 2 is 1.74 bits per heavy atom. The number of nitrogens with zero attached hydrogens (tertiary/aromatic N) is 1. The van der Waals surface area contributed by atoms with Gasteiger partial charge >= 0.3 is 0 Å². The maximum Gasteiger partial charge on any atom is 0.0589 e. The van der Waals surface area contributed by atoms with Crippen LogP contribution in [-0.2, 0) is 6.42 Å². The molecule has 1 unspecified atom stereocenters. The quantitative estimate of drug-likeness (QED) is 0.881. The third kappa shape index (κ3) is 3.42. The van der Waals surface area contributed by atoms with Crippen molar-refractivity contribution in [2.45, 2.75) is 32.7 Å². The summed E-state index contributed by atoms with van der Waals surface area (Å²) in [6.07, 6.45) is 4.30. The average molecular weight is 254 g/mol. The molecule has 0 saturated carbocycles. The molecule has 0 aliphatic carbocycles. The first kappa shape index (κ1) is 13.8. The first-order valence-electron chi connectivity index (χ1n) is 6.93. The first-order valence-corrected chi connectivity index (χ1v) is 6.93. The van der Waals surface area contributed by atoms with Crippen molar-refractivity contribution in [2.24, 2.45) is 0 Å². The van der Waals surface area contributed by atoms with Crippen LogP contribution in [0, 0.1) is 6.92 Å². The zero-order valence-corrected chi connectivity index (χ0v) is 12.0. The van der Waals surface area contributed by atoms with E-state index in [-0.39, 0.29) is 6.04 Å². The van der Waals surface area contributed by atoms with Crippen molar-refractivity contribution in [3.63, 3.8) is 0 Å². The van der Waals surface area contributed by atoms with E-state index in [1.807, 2.05) is 20.2 Å². The summed E-state index contributed by atoms with van der Waals surface area (Å²) in [4.78, 5) is 4.38. The minimum absolute atomic E-state index is 0.212. The highest BCUT2D eigenvalue weighted by Crippen LogP contribution is 2.21. The van der Waals surface area contributed by atoms with E-state index in [0.717, 1.165) is 12.1 Å². The first-order chi connectivity index (χ1) is 9.24. The van der Waals surface area contributed by atoms with Crippen molar-refractivity contribution in [3.05, 3.63) is 65.0 Å².